The summed E-state index contributed by atoms with van der Waals surface area (Å²) < 4.78 is 13.8. The zero-order valence-corrected chi connectivity index (χ0v) is 14.8. The standard InChI is InChI=1S/C21H25FN2O/c1-15-7-3-4-8-18(15)16(2)23-17-11-13-24(14-12-17)21(25)19-9-5-6-10-20(19)22/h3-10,16-17,23H,11-14H2,1-2H3. The maximum atomic E-state index is 13.8. The molecule has 3 rings (SSSR count). The van der Waals surface area contributed by atoms with Gasteiger partial charge in [-0.3, -0.25) is 4.79 Å². The van der Waals surface area contributed by atoms with Gasteiger partial charge in [0.1, 0.15) is 5.82 Å². The van der Waals surface area contributed by atoms with Crippen LogP contribution in [0.25, 0.3) is 0 Å². The Morgan fingerprint density at radius 1 is 1.12 bits per heavy atom. The quantitative estimate of drug-likeness (QED) is 0.909. The zero-order chi connectivity index (χ0) is 17.8. The van der Waals surface area contributed by atoms with E-state index in [-0.39, 0.29) is 17.5 Å². The molecule has 1 aliphatic rings. The Morgan fingerprint density at radius 2 is 1.76 bits per heavy atom. The molecule has 1 fully saturated rings. The van der Waals surface area contributed by atoms with E-state index in [9.17, 15) is 9.18 Å². The highest BCUT2D eigenvalue weighted by atomic mass is 19.1. The Morgan fingerprint density at radius 3 is 2.44 bits per heavy atom. The van der Waals surface area contributed by atoms with Gasteiger partial charge >= 0.3 is 0 Å². The Bertz CT molecular complexity index is 738. The molecule has 0 spiro atoms. The average molecular weight is 340 g/mol. The molecule has 1 amide bonds. The molecule has 25 heavy (non-hydrogen) atoms. The fraction of sp³-hybridized carbons (Fsp3) is 0.381. The highest BCUT2D eigenvalue weighted by Gasteiger charge is 2.26. The summed E-state index contributed by atoms with van der Waals surface area (Å²) in [4.78, 5) is 14.2. The van der Waals surface area contributed by atoms with Crippen molar-refractivity contribution >= 4 is 5.91 Å². The van der Waals surface area contributed by atoms with E-state index >= 15 is 0 Å². The molecule has 1 N–H and O–H groups in total. The van der Waals surface area contributed by atoms with Crippen molar-refractivity contribution in [3.05, 3.63) is 71.0 Å². The molecule has 2 aromatic rings. The summed E-state index contributed by atoms with van der Waals surface area (Å²) in [6.07, 6.45) is 1.77. The van der Waals surface area contributed by atoms with Crippen LogP contribution in [0.5, 0.6) is 0 Å². The van der Waals surface area contributed by atoms with Crippen molar-refractivity contribution in [3.63, 3.8) is 0 Å². The van der Waals surface area contributed by atoms with Crippen LogP contribution in [0.1, 0.15) is 47.3 Å². The molecule has 4 heteroatoms. The van der Waals surface area contributed by atoms with E-state index in [0.29, 0.717) is 19.1 Å². The van der Waals surface area contributed by atoms with E-state index < -0.39 is 5.82 Å². The first kappa shape index (κ1) is 17.6. The Labute approximate surface area is 148 Å². The molecule has 3 nitrogen and oxygen atoms in total. The molecule has 1 heterocycles. The molecule has 132 valence electrons. The molecule has 1 aliphatic heterocycles. The summed E-state index contributed by atoms with van der Waals surface area (Å²) in [5.41, 5.74) is 2.77. The van der Waals surface area contributed by atoms with Crippen molar-refractivity contribution in [2.45, 2.75) is 38.8 Å². The van der Waals surface area contributed by atoms with Gasteiger partial charge in [-0.15, -0.1) is 0 Å². The van der Waals surface area contributed by atoms with Gasteiger partial charge in [-0.05, 0) is 49.9 Å². The maximum Gasteiger partial charge on any atom is 0.256 e. The lowest BCUT2D eigenvalue weighted by atomic mass is 9.98. The summed E-state index contributed by atoms with van der Waals surface area (Å²) in [6, 6.07) is 15.3. The predicted octanol–water partition coefficient (Wildman–Crippen LogP) is 4.09. The number of likely N-dealkylation sites (tertiary alicyclic amines) is 1. The van der Waals surface area contributed by atoms with E-state index in [0.717, 1.165) is 12.8 Å². The van der Waals surface area contributed by atoms with Gasteiger partial charge in [0.15, 0.2) is 0 Å². The van der Waals surface area contributed by atoms with Crippen molar-refractivity contribution in [2.24, 2.45) is 0 Å². The number of amides is 1. The van der Waals surface area contributed by atoms with Crippen molar-refractivity contribution < 1.29 is 9.18 Å². The second-order valence-corrected chi connectivity index (χ2v) is 6.79. The number of rotatable bonds is 4. The van der Waals surface area contributed by atoms with Crippen molar-refractivity contribution in [3.8, 4) is 0 Å². The summed E-state index contributed by atoms with van der Waals surface area (Å²) in [7, 11) is 0. The normalized spacial score (nSPS) is 16.7. The van der Waals surface area contributed by atoms with Gasteiger partial charge in [-0.25, -0.2) is 4.39 Å². The summed E-state index contributed by atoms with van der Waals surface area (Å²) in [5, 5.41) is 3.67. The van der Waals surface area contributed by atoms with Gasteiger partial charge in [0.25, 0.3) is 5.91 Å². The second kappa shape index (κ2) is 7.79. The fourth-order valence-corrected chi connectivity index (χ4v) is 3.57. The first-order chi connectivity index (χ1) is 12.1. The van der Waals surface area contributed by atoms with Gasteiger partial charge in [0.2, 0.25) is 0 Å². The lowest BCUT2D eigenvalue weighted by Gasteiger charge is -2.34. The van der Waals surface area contributed by atoms with Gasteiger partial charge < -0.3 is 10.2 Å². The number of hydrogen-bond acceptors (Lipinski definition) is 2. The number of benzene rings is 2. The molecule has 2 aromatic carbocycles. The minimum atomic E-state index is -0.444. The predicted molar refractivity (Wildman–Crippen MR) is 98.1 cm³/mol. The third kappa shape index (κ3) is 4.07. The maximum absolute atomic E-state index is 13.8. The van der Waals surface area contributed by atoms with Gasteiger partial charge in [-0.1, -0.05) is 36.4 Å². The summed E-state index contributed by atoms with van der Waals surface area (Å²) in [5.74, 6) is -0.649. The third-order valence-corrected chi connectivity index (χ3v) is 5.03. The van der Waals surface area contributed by atoms with Crippen LogP contribution in [0.2, 0.25) is 0 Å². The van der Waals surface area contributed by atoms with E-state index in [1.165, 1.54) is 17.2 Å². The minimum absolute atomic E-state index is 0.169. The number of piperidine rings is 1. The van der Waals surface area contributed by atoms with Crippen LogP contribution in [0.15, 0.2) is 48.5 Å². The largest absolute Gasteiger partial charge is 0.338 e. The van der Waals surface area contributed by atoms with E-state index in [4.69, 9.17) is 0 Å². The molecule has 0 radical (unpaired) electrons. The van der Waals surface area contributed by atoms with Crippen molar-refractivity contribution in [1.82, 2.24) is 10.2 Å². The lowest BCUT2D eigenvalue weighted by molar-refractivity contribution is 0.0697. The fourth-order valence-electron chi connectivity index (χ4n) is 3.57. The number of aryl methyl sites for hydroxylation is 1. The number of halogens is 1. The Kier molecular flexibility index (Phi) is 5.49. The van der Waals surface area contributed by atoms with E-state index in [1.54, 1.807) is 23.1 Å². The van der Waals surface area contributed by atoms with Gasteiger partial charge in [0.05, 0.1) is 5.56 Å². The first-order valence-electron chi connectivity index (χ1n) is 8.91. The van der Waals surface area contributed by atoms with E-state index in [2.05, 4.69) is 43.4 Å². The number of hydrogen-bond donors (Lipinski definition) is 1. The highest BCUT2D eigenvalue weighted by molar-refractivity contribution is 5.94. The molecule has 0 bridgehead atoms. The first-order valence-corrected chi connectivity index (χ1v) is 8.91. The number of carbonyl (C=O) groups is 1. The second-order valence-electron chi connectivity index (χ2n) is 6.79. The highest BCUT2D eigenvalue weighted by Crippen LogP contribution is 2.21. The third-order valence-electron chi connectivity index (χ3n) is 5.03. The van der Waals surface area contributed by atoms with Crippen LogP contribution in [-0.2, 0) is 0 Å². The van der Waals surface area contributed by atoms with Gasteiger partial charge in [0, 0.05) is 25.2 Å². The molecular weight excluding hydrogens is 315 g/mol. The van der Waals surface area contributed by atoms with Crippen molar-refractivity contribution in [2.75, 3.05) is 13.1 Å². The molecule has 1 atom stereocenters. The molecular formula is C21H25FN2O. The van der Waals surface area contributed by atoms with Crippen LogP contribution in [0.3, 0.4) is 0 Å². The zero-order valence-electron chi connectivity index (χ0n) is 14.8. The molecule has 0 aromatic heterocycles. The molecule has 1 saturated heterocycles. The molecule has 1 unspecified atom stereocenters. The molecule has 0 aliphatic carbocycles. The number of nitrogens with one attached hydrogen (secondary N) is 1. The Balaban J connectivity index is 1.56. The van der Waals surface area contributed by atoms with Gasteiger partial charge in [-0.2, -0.15) is 0 Å². The number of nitrogens with zero attached hydrogens (tertiary/aromatic N) is 1. The van der Waals surface area contributed by atoms with Crippen LogP contribution >= 0.6 is 0 Å². The Hall–Kier alpha value is -2.20. The van der Waals surface area contributed by atoms with Crippen molar-refractivity contribution in [1.29, 1.82) is 0 Å². The van der Waals surface area contributed by atoms with E-state index in [1.807, 2.05) is 0 Å². The topological polar surface area (TPSA) is 32.3 Å². The molecule has 0 saturated carbocycles. The summed E-state index contributed by atoms with van der Waals surface area (Å²) in [6.45, 7) is 5.62. The minimum Gasteiger partial charge on any atom is -0.338 e. The lowest BCUT2D eigenvalue weighted by Crippen LogP contribution is -2.45. The van der Waals surface area contributed by atoms with Crippen LogP contribution < -0.4 is 5.32 Å². The van der Waals surface area contributed by atoms with Crippen LogP contribution in [0, 0.1) is 12.7 Å². The number of carbonyl (C=O) groups excluding carboxylic acids is 1. The SMILES string of the molecule is Cc1ccccc1C(C)NC1CCN(C(=O)c2ccccc2F)CC1. The average Bonchev–Trinajstić information content (AvgIpc) is 2.62. The smallest absolute Gasteiger partial charge is 0.256 e. The monoisotopic (exact) mass is 340 g/mol. The summed E-state index contributed by atoms with van der Waals surface area (Å²) >= 11 is 0. The van der Waals surface area contributed by atoms with Crippen LogP contribution in [-0.4, -0.2) is 29.9 Å². The van der Waals surface area contributed by atoms with Crippen LogP contribution in [0.4, 0.5) is 4.39 Å².